The number of hydrogen-bond donors (Lipinski definition) is 2. The van der Waals surface area contributed by atoms with Crippen LogP contribution in [-0.4, -0.2) is 17.4 Å². The van der Waals surface area contributed by atoms with Gasteiger partial charge in [-0.3, -0.25) is 9.78 Å². The van der Waals surface area contributed by atoms with Crippen LogP contribution < -0.4 is 11.1 Å². The third-order valence-corrected chi connectivity index (χ3v) is 2.80. The molecule has 1 heterocycles. The van der Waals surface area contributed by atoms with Gasteiger partial charge in [0.05, 0.1) is 5.39 Å². The number of pyridine rings is 1. The van der Waals surface area contributed by atoms with E-state index >= 15 is 0 Å². The minimum Gasteiger partial charge on any atom is -0.398 e. The average Bonchev–Trinajstić information content (AvgIpc) is 2.39. The van der Waals surface area contributed by atoms with Crippen LogP contribution in [0.2, 0.25) is 0 Å². The number of carbonyl (C=O) groups excluding carboxylic acids is 1. The highest BCUT2D eigenvalue weighted by Crippen LogP contribution is 2.25. The Morgan fingerprint density at radius 3 is 2.84 bits per heavy atom. The molecule has 0 aliphatic rings. The van der Waals surface area contributed by atoms with E-state index in [1.54, 1.807) is 6.07 Å². The molecular formula is C14H16FN3O. The first-order valence-electron chi connectivity index (χ1n) is 6.11. The molecule has 1 aromatic carbocycles. The number of halogens is 1. The van der Waals surface area contributed by atoms with Crippen LogP contribution in [0.25, 0.3) is 10.8 Å². The van der Waals surface area contributed by atoms with Crippen LogP contribution in [0.3, 0.4) is 0 Å². The van der Waals surface area contributed by atoms with E-state index in [4.69, 9.17) is 5.73 Å². The lowest BCUT2D eigenvalue weighted by Crippen LogP contribution is -2.28. The fourth-order valence-corrected chi connectivity index (χ4v) is 1.83. The van der Waals surface area contributed by atoms with Crippen LogP contribution in [0, 0.1) is 11.7 Å². The molecule has 0 bridgehead atoms. The summed E-state index contributed by atoms with van der Waals surface area (Å²) in [6.07, 6.45) is 1.46. The highest BCUT2D eigenvalue weighted by atomic mass is 19.1. The molecule has 0 spiro atoms. The van der Waals surface area contributed by atoms with Crippen molar-refractivity contribution in [3.63, 3.8) is 0 Å². The molecule has 2 aromatic rings. The van der Waals surface area contributed by atoms with Gasteiger partial charge in [0, 0.05) is 23.8 Å². The predicted molar refractivity (Wildman–Crippen MR) is 73.3 cm³/mol. The molecule has 4 nitrogen and oxygen atoms in total. The van der Waals surface area contributed by atoms with Gasteiger partial charge < -0.3 is 11.1 Å². The lowest BCUT2D eigenvalue weighted by atomic mass is 10.1. The number of nitrogens with one attached hydrogen (secondary N) is 1. The van der Waals surface area contributed by atoms with Gasteiger partial charge >= 0.3 is 0 Å². The summed E-state index contributed by atoms with van der Waals surface area (Å²) in [5.41, 5.74) is 6.29. The van der Waals surface area contributed by atoms with Crippen LogP contribution in [0.1, 0.15) is 24.3 Å². The summed E-state index contributed by atoms with van der Waals surface area (Å²) in [7, 11) is 0. The zero-order valence-electron chi connectivity index (χ0n) is 10.9. The summed E-state index contributed by atoms with van der Waals surface area (Å²) >= 11 is 0. The summed E-state index contributed by atoms with van der Waals surface area (Å²) in [5, 5.41) is 3.40. The fourth-order valence-electron chi connectivity index (χ4n) is 1.83. The van der Waals surface area contributed by atoms with E-state index in [1.807, 2.05) is 13.8 Å². The predicted octanol–water partition coefficient (Wildman–Crippen LogP) is 2.34. The monoisotopic (exact) mass is 261 g/mol. The molecule has 0 fully saturated rings. The second-order valence-electron chi connectivity index (χ2n) is 4.82. The Balaban J connectivity index is 2.49. The summed E-state index contributed by atoms with van der Waals surface area (Å²) in [6, 6.07) is 4.33. The van der Waals surface area contributed by atoms with E-state index in [-0.39, 0.29) is 17.0 Å². The first kappa shape index (κ1) is 13.3. The quantitative estimate of drug-likeness (QED) is 0.833. The number of benzene rings is 1. The van der Waals surface area contributed by atoms with Gasteiger partial charge in [-0.1, -0.05) is 13.8 Å². The normalized spacial score (nSPS) is 10.9. The van der Waals surface area contributed by atoms with Gasteiger partial charge in [-0.25, -0.2) is 4.39 Å². The van der Waals surface area contributed by atoms with Crippen molar-refractivity contribution in [3.8, 4) is 0 Å². The molecule has 2 rings (SSSR count). The van der Waals surface area contributed by atoms with Crippen molar-refractivity contribution in [2.24, 2.45) is 5.92 Å². The summed E-state index contributed by atoms with van der Waals surface area (Å²) in [6.45, 7) is 4.48. The van der Waals surface area contributed by atoms with Crippen molar-refractivity contribution in [2.45, 2.75) is 13.8 Å². The summed E-state index contributed by atoms with van der Waals surface area (Å²) in [4.78, 5) is 16.0. The molecule has 0 aliphatic heterocycles. The van der Waals surface area contributed by atoms with Crippen molar-refractivity contribution < 1.29 is 9.18 Å². The van der Waals surface area contributed by atoms with Crippen molar-refractivity contribution in [3.05, 3.63) is 35.9 Å². The zero-order chi connectivity index (χ0) is 14.0. The molecule has 0 saturated carbocycles. The van der Waals surface area contributed by atoms with E-state index in [0.29, 0.717) is 23.5 Å². The molecule has 1 aromatic heterocycles. The molecule has 3 N–H and O–H groups in total. The second kappa shape index (κ2) is 5.22. The number of fused-ring (bicyclic) bond motifs is 1. The van der Waals surface area contributed by atoms with Crippen molar-refractivity contribution in [2.75, 3.05) is 12.3 Å². The molecule has 19 heavy (non-hydrogen) atoms. The molecular weight excluding hydrogens is 245 g/mol. The highest BCUT2D eigenvalue weighted by Gasteiger charge is 2.16. The van der Waals surface area contributed by atoms with Gasteiger partial charge in [0.25, 0.3) is 5.91 Å². The molecule has 0 radical (unpaired) electrons. The molecule has 5 heteroatoms. The number of nitrogen functional groups attached to an aromatic ring is 1. The minimum absolute atomic E-state index is 0.0722. The third kappa shape index (κ3) is 2.65. The summed E-state index contributed by atoms with van der Waals surface area (Å²) in [5.74, 6) is -0.565. The minimum atomic E-state index is -0.494. The number of nitrogens with two attached hydrogens (primary N) is 1. The van der Waals surface area contributed by atoms with Crippen LogP contribution in [0.4, 0.5) is 10.1 Å². The maximum absolute atomic E-state index is 13.9. The molecule has 100 valence electrons. The van der Waals surface area contributed by atoms with Crippen molar-refractivity contribution in [1.29, 1.82) is 0 Å². The highest BCUT2D eigenvalue weighted by molar-refractivity contribution is 6.08. The fraction of sp³-hybridized carbons (Fsp3) is 0.286. The largest absolute Gasteiger partial charge is 0.398 e. The topological polar surface area (TPSA) is 68.0 Å². The Hall–Kier alpha value is -2.17. The Morgan fingerprint density at radius 1 is 1.42 bits per heavy atom. The molecule has 0 unspecified atom stereocenters. The van der Waals surface area contributed by atoms with Crippen LogP contribution in [0.15, 0.2) is 24.4 Å². The van der Waals surface area contributed by atoms with E-state index in [1.165, 1.54) is 18.3 Å². The standard InChI is InChI=1S/C14H16FN3O/c1-8(2)7-18-14(19)13-12-9(5-6-17-13)11(16)4-3-10(12)15/h3-6,8H,7,16H2,1-2H3,(H,18,19). The number of hydrogen-bond acceptors (Lipinski definition) is 3. The molecule has 0 saturated heterocycles. The van der Waals surface area contributed by atoms with Gasteiger partial charge in [-0.2, -0.15) is 0 Å². The van der Waals surface area contributed by atoms with E-state index in [2.05, 4.69) is 10.3 Å². The number of carbonyl (C=O) groups is 1. The van der Waals surface area contributed by atoms with E-state index in [0.717, 1.165) is 0 Å². The Labute approximate surface area is 110 Å². The molecule has 0 aliphatic carbocycles. The van der Waals surface area contributed by atoms with E-state index in [9.17, 15) is 9.18 Å². The van der Waals surface area contributed by atoms with Crippen molar-refractivity contribution >= 4 is 22.4 Å². The van der Waals surface area contributed by atoms with Gasteiger partial charge in [-0.15, -0.1) is 0 Å². The zero-order valence-corrected chi connectivity index (χ0v) is 10.9. The van der Waals surface area contributed by atoms with Crippen molar-refractivity contribution in [1.82, 2.24) is 10.3 Å². The third-order valence-electron chi connectivity index (χ3n) is 2.80. The van der Waals surface area contributed by atoms with Gasteiger partial charge in [0.1, 0.15) is 11.5 Å². The van der Waals surface area contributed by atoms with Crippen LogP contribution >= 0.6 is 0 Å². The first-order valence-corrected chi connectivity index (χ1v) is 6.11. The SMILES string of the molecule is CC(C)CNC(=O)c1nccc2c(N)ccc(F)c12. The van der Waals surface area contributed by atoms with Crippen LogP contribution in [0.5, 0.6) is 0 Å². The average molecular weight is 261 g/mol. The van der Waals surface area contributed by atoms with Gasteiger partial charge in [-0.05, 0) is 24.1 Å². The maximum Gasteiger partial charge on any atom is 0.270 e. The maximum atomic E-state index is 13.9. The smallest absolute Gasteiger partial charge is 0.270 e. The summed E-state index contributed by atoms with van der Waals surface area (Å²) < 4.78 is 13.9. The van der Waals surface area contributed by atoms with Gasteiger partial charge in [0.15, 0.2) is 0 Å². The Bertz CT molecular complexity index is 625. The lowest BCUT2D eigenvalue weighted by Gasteiger charge is -2.10. The lowest BCUT2D eigenvalue weighted by molar-refractivity contribution is 0.0945. The first-order chi connectivity index (χ1) is 9.00. The number of amides is 1. The number of anilines is 1. The van der Waals surface area contributed by atoms with Crippen LogP contribution in [-0.2, 0) is 0 Å². The Kier molecular flexibility index (Phi) is 3.64. The molecule has 1 amide bonds. The number of nitrogens with zero attached hydrogens (tertiary/aromatic N) is 1. The van der Waals surface area contributed by atoms with E-state index < -0.39 is 5.82 Å². The second-order valence-corrected chi connectivity index (χ2v) is 4.82. The van der Waals surface area contributed by atoms with Gasteiger partial charge in [0.2, 0.25) is 0 Å². The Morgan fingerprint density at radius 2 is 2.16 bits per heavy atom. The molecule has 0 atom stereocenters. The number of aromatic nitrogens is 1. The number of rotatable bonds is 3.